The van der Waals surface area contributed by atoms with Crippen LogP contribution in [0.15, 0.2) is 42.5 Å². The summed E-state index contributed by atoms with van der Waals surface area (Å²) in [5.41, 5.74) is 2.46. The van der Waals surface area contributed by atoms with Crippen molar-refractivity contribution in [3.05, 3.63) is 64.3 Å². The number of ether oxygens (including phenoxy) is 2. The Labute approximate surface area is 149 Å². The average Bonchev–Trinajstić information content (AvgIpc) is 2.99. The van der Waals surface area contributed by atoms with Crippen LogP contribution >= 0.6 is 11.6 Å². The number of carbonyl (C=O) groups is 2. The number of aromatic nitrogens is 1. The molecule has 3 aromatic rings. The summed E-state index contributed by atoms with van der Waals surface area (Å²) in [5, 5.41) is 1.31. The van der Waals surface area contributed by atoms with Gasteiger partial charge in [0.1, 0.15) is 12.4 Å². The van der Waals surface area contributed by atoms with Crippen LogP contribution < -0.4 is 4.74 Å². The number of esters is 1. The second-order valence-corrected chi connectivity index (χ2v) is 5.98. The summed E-state index contributed by atoms with van der Waals surface area (Å²) >= 11 is 5.86. The number of carbonyl (C=O) groups excluding carboxylic acids is 2. The molecule has 1 heterocycles. The first-order valence-corrected chi connectivity index (χ1v) is 8.00. The second-order valence-electron chi connectivity index (χ2n) is 5.54. The number of rotatable bonds is 5. The number of H-pyrrole nitrogens is 1. The van der Waals surface area contributed by atoms with Crippen molar-refractivity contribution in [3.8, 4) is 5.75 Å². The van der Waals surface area contributed by atoms with Crippen molar-refractivity contribution < 1.29 is 19.1 Å². The van der Waals surface area contributed by atoms with Gasteiger partial charge in [0, 0.05) is 15.9 Å². The summed E-state index contributed by atoms with van der Waals surface area (Å²) in [4.78, 5) is 27.5. The van der Waals surface area contributed by atoms with Gasteiger partial charge in [-0.1, -0.05) is 23.7 Å². The van der Waals surface area contributed by atoms with E-state index in [9.17, 15) is 9.59 Å². The van der Waals surface area contributed by atoms with Crippen molar-refractivity contribution in [1.82, 2.24) is 4.98 Å². The van der Waals surface area contributed by atoms with Gasteiger partial charge in [0.2, 0.25) is 0 Å². The highest BCUT2D eigenvalue weighted by atomic mass is 35.5. The number of halogens is 1. The molecule has 0 unspecified atom stereocenters. The lowest BCUT2D eigenvalue weighted by Gasteiger charge is -2.07. The first-order valence-electron chi connectivity index (χ1n) is 7.62. The highest BCUT2D eigenvalue weighted by Gasteiger charge is 2.26. The van der Waals surface area contributed by atoms with Crippen LogP contribution in [0.2, 0.25) is 5.02 Å². The topological polar surface area (TPSA) is 68.4 Å². The van der Waals surface area contributed by atoms with Gasteiger partial charge >= 0.3 is 5.97 Å². The second kappa shape index (κ2) is 6.99. The number of benzene rings is 2. The van der Waals surface area contributed by atoms with Crippen LogP contribution in [0.1, 0.15) is 21.6 Å². The molecule has 5 nitrogen and oxygen atoms in total. The number of hydrogen-bond donors (Lipinski definition) is 1. The minimum atomic E-state index is -0.906. The number of aryl methyl sites for hydroxylation is 1. The number of hydrogen-bond acceptors (Lipinski definition) is 4. The Morgan fingerprint density at radius 3 is 2.52 bits per heavy atom. The Bertz CT molecular complexity index is 944. The maximum Gasteiger partial charge on any atom is 0.379 e. The van der Waals surface area contributed by atoms with E-state index in [-0.39, 0.29) is 12.2 Å². The van der Waals surface area contributed by atoms with Gasteiger partial charge in [-0.15, -0.1) is 0 Å². The molecule has 1 aromatic heterocycles. The zero-order valence-corrected chi connectivity index (χ0v) is 14.5. The van der Waals surface area contributed by atoms with E-state index >= 15 is 0 Å². The van der Waals surface area contributed by atoms with E-state index in [0.717, 1.165) is 11.1 Å². The van der Waals surface area contributed by atoms with E-state index in [1.165, 1.54) is 7.11 Å². The molecule has 3 rings (SSSR count). The summed E-state index contributed by atoms with van der Waals surface area (Å²) in [7, 11) is 1.19. The fourth-order valence-electron chi connectivity index (χ4n) is 2.72. The highest BCUT2D eigenvalue weighted by molar-refractivity contribution is 6.43. The Morgan fingerprint density at radius 1 is 1.12 bits per heavy atom. The predicted molar refractivity (Wildman–Crippen MR) is 95.2 cm³/mol. The lowest BCUT2D eigenvalue weighted by atomic mass is 10.0. The van der Waals surface area contributed by atoms with Crippen molar-refractivity contribution in [3.63, 3.8) is 0 Å². The lowest BCUT2D eigenvalue weighted by Crippen LogP contribution is -2.17. The molecule has 0 radical (unpaired) electrons. The molecule has 0 atom stereocenters. The maximum atomic E-state index is 12.5. The first kappa shape index (κ1) is 17.0. The van der Waals surface area contributed by atoms with Crippen LogP contribution in [0.3, 0.4) is 0 Å². The summed E-state index contributed by atoms with van der Waals surface area (Å²) in [6.07, 6.45) is 0. The van der Waals surface area contributed by atoms with Gasteiger partial charge in [-0.2, -0.15) is 0 Å². The summed E-state index contributed by atoms with van der Waals surface area (Å²) in [5.74, 6) is -0.995. The third kappa shape index (κ3) is 3.37. The predicted octanol–water partition coefficient (Wildman–Crippen LogP) is 4.06. The number of Topliss-reactive ketones (excluding diaryl/α,β-unsaturated/α-hetero) is 1. The zero-order chi connectivity index (χ0) is 18.0. The fraction of sp³-hybridized carbons (Fsp3) is 0.158. The molecule has 6 heteroatoms. The Hall–Kier alpha value is -2.79. The molecule has 0 bridgehead atoms. The number of ketones is 1. The van der Waals surface area contributed by atoms with E-state index in [1.807, 2.05) is 25.1 Å². The SMILES string of the molecule is COC(=O)C(=O)c1c(COc2ccc(Cl)cc2)[nH]c2cccc(C)c12. The van der Waals surface area contributed by atoms with Crippen LogP contribution in [0.4, 0.5) is 0 Å². The Morgan fingerprint density at radius 2 is 1.84 bits per heavy atom. The molecule has 1 N–H and O–H groups in total. The quantitative estimate of drug-likeness (QED) is 0.424. The van der Waals surface area contributed by atoms with Crippen molar-refractivity contribution in [2.24, 2.45) is 0 Å². The molecular formula is C19H16ClNO4. The standard InChI is InChI=1S/C19H16ClNO4/c1-11-4-3-5-14-16(11)17(18(22)19(23)24-2)15(21-14)10-25-13-8-6-12(20)7-9-13/h3-9,21H,10H2,1-2H3. The molecular weight excluding hydrogens is 342 g/mol. The van der Waals surface area contributed by atoms with Crippen LogP contribution in [0.5, 0.6) is 5.75 Å². The average molecular weight is 358 g/mol. The van der Waals surface area contributed by atoms with Crippen molar-refractivity contribution >= 4 is 34.3 Å². The van der Waals surface area contributed by atoms with Gasteiger partial charge in [0.15, 0.2) is 0 Å². The third-order valence-electron chi connectivity index (χ3n) is 3.90. The molecule has 128 valence electrons. The minimum Gasteiger partial charge on any atom is -0.487 e. The highest BCUT2D eigenvalue weighted by Crippen LogP contribution is 2.28. The van der Waals surface area contributed by atoms with Gasteiger partial charge in [0.05, 0.1) is 18.4 Å². The molecule has 0 fully saturated rings. The maximum absolute atomic E-state index is 12.5. The van der Waals surface area contributed by atoms with E-state index < -0.39 is 11.8 Å². The fourth-order valence-corrected chi connectivity index (χ4v) is 2.85. The van der Waals surface area contributed by atoms with Gasteiger partial charge in [0.25, 0.3) is 5.78 Å². The van der Waals surface area contributed by atoms with Gasteiger partial charge in [-0.05, 0) is 42.8 Å². The summed E-state index contributed by atoms with van der Waals surface area (Å²) in [6, 6.07) is 12.5. The van der Waals surface area contributed by atoms with Crippen LogP contribution in [-0.4, -0.2) is 23.8 Å². The number of aromatic amines is 1. The minimum absolute atomic E-state index is 0.105. The Balaban J connectivity index is 2.01. The monoisotopic (exact) mass is 357 g/mol. The zero-order valence-electron chi connectivity index (χ0n) is 13.8. The van der Waals surface area contributed by atoms with Crippen molar-refractivity contribution in [1.29, 1.82) is 0 Å². The number of nitrogens with one attached hydrogen (secondary N) is 1. The normalized spacial score (nSPS) is 10.7. The molecule has 0 aliphatic heterocycles. The molecule has 0 amide bonds. The van der Waals surface area contributed by atoms with Gasteiger partial charge in [-0.3, -0.25) is 4.79 Å². The smallest absolute Gasteiger partial charge is 0.379 e. The summed E-state index contributed by atoms with van der Waals surface area (Å²) < 4.78 is 10.3. The van der Waals surface area contributed by atoms with Crippen LogP contribution in [0.25, 0.3) is 10.9 Å². The first-order chi connectivity index (χ1) is 12.0. The molecule has 25 heavy (non-hydrogen) atoms. The van der Waals surface area contributed by atoms with Crippen molar-refractivity contribution in [2.45, 2.75) is 13.5 Å². The van der Waals surface area contributed by atoms with E-state index in [0.29, 0.717) is 21.9 Å². The van der Waals surface area contributed by atoms with Gasteiger partial charge in [-0.25, -0.2) is 4.79 Å². The third-order valence-corrected chi connectivity index (χ3v) is 4.16. The molecule has 0 aliphatic rings. The molecule has 2 aromatic carbocycles. The van der Waals surface area contributed by atoms with Crippen LogP contribution in [-0.2, 0) is 16.1 Å². The molecule has 0 saturated carbocycles. The lowest BCUT2D eigenvalue weighted by molar-refractivity contribution is -0.135. The van der Waals surface area contributed by atoms with E-state index in [2.05, 4.69) is 9.72 Å². The molecule has 0 aliphatic carbocycles. The molecule has 0 saturated heterocycles. The number of methoxy groups -OCH3 is 1. The van der Waals surface area contributed by atoms with Gasteiger partial charge < -0.3 is 14.5 Å². The summed E-state index contributed by atoms with van der Waals surface area (Å²) in [6.45, 7) is 1.99. The van der Waals surface area contributed by atoms with Crippen molar-refractivity contribution in [2.75, 3.05) is 7.11 Å². The largest absolute Gasteiger partial charge is 0.487 e. The number of fused-ring (bicyclic) bond motifs is 1. The van der Waals surface area contributed by atoms with E-state index in [4.69, 9.17) is 16.3 Å². The molecule has 0 spiro atoms. The Kier molecular flexibility index (Phi) is 4.76. The van der Waals surface area contributed by atoms with Crippen LogP contribution in [0, 0.1) is 6.92 Å². The van der Waals surface area contributed by atoms with E-state index in [1.54, 1.807) is 24.3 Å².